The van der Waals surface area contributed by atoms with E-state index in [2.05, 4.69) is 13.2 Å². The van der Waals surface area contributed by atoms with Gasteiger partial charge < -0.3 is 19.8 Å². The van der Waals surface area contributed by atoms with Gasteiger partial charge in [0.15, 0.2) is 0 Å². The molecule has 7 nitrogen and oxygen atoms in total. The summed E-state index contributed by atoms with van der Waals surface area (Å²) >= 11 is 1.71. The minimum absolute atomic E-state index is 0.000981. The molecule has 3 saturated heterocycles. The number of rotatable bonds is 13. The Bertz CT molecular complexity index is 1150. The average molecular weight is 594 g/mol. The SMILES string of the molecule is C=CCN(CCC)C(=O)[C@@H]1[C@H]2C(=O)N([C@@H](CO)Cc3ccccc3)C(C(=O)N(CC=C)C3CCCCC3)C23CC[C@H]1S3. The van der Waals surface area contributed by atoms with Crippen molar-refractivity contribution in [2.45, 2.75) is 92.8 Å². The normalized spacial score (nSPS) is 29.3. The van der Waals surface area contributed by atoms with Gasteiger partial charge in [0.05, 0.1) is 29.2 Å². The van der Waals surface area contributed by atoms with Gasteiger partial charge in [0.2, 0.25) is 17.7 Å². The third-order valence-corrected chi connectivity index (χ3v) is 11.9. The van der Waals surface area contributed by atoms with Gasteiger partial charge >= 0.3 is 0 Å². The van der Waals surface area contributed by atoms with Crippen molar-refractivity contribution < 1.29 is 19.5 Å². The number of benzene rings is 1. The highest BCUT2D eigenvalue weighted by Gasteiger charge is 2.74. The Hall–Kier alpha value is -2.58. The van der Waals surface area contributed by atoms with Crippen LogP contribution < -0.4 is 0 Å². The maximum Gasteiger partial charge on any atom is 0.247 e. The molecule has 1 N–H and O–H groups in total. The summed E-state index contributed by atoms with van der Waals surface area (Å²) in [5, 5.41) is 10.8. The van der Waals surface area contributed by atoms with Crippen LogP contribution in [0.2, 0.25) is 0 Å². The fraction of sp³-hybridized carbons (Fsp3) is 0.618. The van der Waals surface area contributed by atoms with E-state index in [-0.39, 0.29) is 35.6 Å². The van der Waals surface area contributed by atoms with E-state index in [1.165, 1.54) is 6.42 Å². The number of aliphatic hydroxyl groups excluding tert-OH is 1. The second-order valence-electron chi connectivity index (χ2n) is 12.5. The van der Waals surface area contributed by atoms with Crippen molar-refractivity contribution in [3.8, 4) is 0 Å². The van der Waals surface area contributed by atoms with Gasteiger partial charge in [0, 0.05) is 30.9 Å². The molecule has 42 heavy (non-hydrogen) atoms. The van der Waals surface area contributed by atoms with Crippen molar-refractivity contribution in [2.75, 3.05) is 26.2 Å². The van der Waals surface area contributed by atoms with Gasteiger partial charge in [-0.15, -0.1) is 24.9 Å². The average Bonchev–Trinajstić information content (AvgIpc) is 3.66. The van der Waals surface area contributed by atoms with Gasteiger partial charge in [-0.05, 0) is 44.1 Å². The summed E-state index contributed by atoms with van der Waals surface area (Å²) in [5.74, 6) is -1.23. The van der Waals surface area contributed by atoms with Crippen LogP contribution in [0.5, 0.6) is 0 Å². The molecule has 228 valence electrons. The van der Waals surface area contributed by atoms with Crippen molar-refractivity contribution in [1.29, 1.82) is 0 Å². The molecule has 8 heteroatoms. The topological polar surface area (TPSA) is 81.2 Å². The molecule has 0 radical (unpaired) electrons. The molecule has 4 fully saturated rings. The molecule has 1 aromatic rings. The molecule has 2 bridgehead atoms. The lowest BCUT2D eigenvalue weighted by Crippen LogP contribution is -2.59. The van der Waals surface area contributed by atoms with Crippen molar-refractivity contribution in [2.24, 2.45) is 11.8 Å². The number of fused-ring (bicyclic) bond motifs is 1. The minimum Gasteiger partial charge on any atom is -0.394 e. The number of hydrogen-bond donors (Lipinski definition) is 1. The highest BCUT2D eigenvalue weighted by molar-refractivity contribution is 8.02. The van der Waals surface area contributed by atoms with E-state index in [1.54, 1.807) is 28.8 Å². The lowest BCUT2D eigenvalue weighted by atomic mass is 9.70. The lowest BCUT2D eigenvalue weighted by Gasteiger charge is -2.42. The summed E-state index contributed by atoms with van der Waals surface area (Å²) < 4.78 is -0.677. The number of hydrogen-bond acceptors (Lipinski definition) is 5. The van der Waals surface area contributed by atoms with Crippen molar-refractivity contribution in [3.05, 3.63) is 61.2 Å². The quantitative estimate of drug-likeness (QED) is 0.342. The molecule has 6 atom stereocenters. The summed E-state index contributed by atoms with van der Waals surface area (Å²) in [4.78, 5) is 49.3. The van der Waals surface area contributed by atoms with Crippen LogP contribution in [0.4, 0.5) is 0 Å². The first-order chi connectivity index (χ1) is 20.4. The predicted octanol–water partition coefficient (Wildman–Crippen LogP) is 4.45. The smallest absolute Gasteiger partial charge is 0.247 e. The molecule has 1 aromatic carbocycles. The molecule has 1 spiro atoms. The van der Waals surface area contributed by atoms with Gasteiger partial charge in [0.1, 0.15) is 6.04 Å². The van der Waals surface area contributed by atoms with E-state index in [0.29, 0.717) is 26.1 Å². The maximum atomic E-state index is 14.9. The van der Waals surface area contributed by atoms with Crippen LogP contribution in [0.15, 0.2) is 55.6 Å². The highest BCUT2D eigenvalue weighted by atomic mass is 32.2. The highest BCUT2D eigenvalue weighted by Crippen LogP contribution is 2.67. The van der Waals surface area contributed by atoms with Gasteiger partial charge in [-0.2, -0.15) is 0 Å². The molecule has 2 unspecified atom stereocenters. The standard InChI is InChI=1S/C34H47N3O4S/c1-4-19-35(20-5-2)31(39)28-27-17-18-34(42-27)29(28)32(40)37(26(23-38)22-24-13-9-7-10-14-24)30(34)33(41)36(21-6-3)25-15-11-8-12-16-25/h4,6-7,9-10,13-14,25-30,38H,1,3,5,8,11-12,15-23H2,2H3/t26-,27-,28+,29+,30?,34?/m1/s1. The molecule has 5 rings (SSSR count). The van der Waals surface area contributed by atoms with Crippen LogP contribution in [0.3, 0.4) is 0 Å². The molecular weight excluding hydrogens is 546 g/mol. The molecule has 1 aliphatic carbocycles. The van der Waals surface area contributed by atoms with Gasteiger partial charge in [0.25, 0.3) is 0 Å². The van der Waals surface area contributed by atoms with Crippen LogP contribution in [-0.2, 0) is 20.8 Å². The molecule has 3 aliphatic heterocycles. The summed E-state index contributed by atoms with van der Waals surface area (Å²) in [5.41, 5.74) is 1.00. The fourth-order valence-electron chi connectivity index (χ4n) is 8.22. The maximum absolute atomic E-state index is 14.9. The second kappa shape index (κ2) is 13.4. The summed E-state index contributed by atoms with van der Waals surface area (Å²) in [6.07, 6.45) is 11.6. The molecular formula is C34H47N3O4S. The van der Waals surface area contributed by atoms with Crippen molar-refractivity contribution >= 4 is 29.5 Å². The van der Waals surface area contributed by atoms with E-state index < -0.39 is 28.7 Å². The first kappa shape index (κ1) is 30.9. The first-order valence-electron chi connectivity index (χ1n) is 15.9. The van der Waals surface area contributed by atoms with E-state index in [9.17, 15) is 19.5 Å². The fourth-order valence-corrected chi connectivity index (χ4v) is 10.4. The van der Waals surface area contributed by atoms with Crippen LogP contribution in [0.1, 0.15) is 63.9 Å². The van der Waals surface area contributed by atoms with Gasteiger partial charge in [-0.25, -0.2) is 0 Å². The Morgan fingerprint density at radius 3 is 2.45 bits per heavy atom. The predicted molar refractivity (Wildman–Crippen MR) is 168 cm³/mol. The molecule has 3 heterocycles. The monoisotopic (exact) mass is 593 g/mol. The van der Waals surface area contributed by atoms with Crippen molar-refractivity contribution in [3.63, 3.8) is 0 Å². The summed E-state index contributed by atoms with van der Waals surface area (Å²) in [6.45, 7) is 11.1. The van der Waals surface area contributed by atoms with Crippen LogP contribution in [0.25, 0.3) is 0 Å². The van der Waals surface area contributed by atoms with E-state index in [1.807, 2.05) is 47.1 Å². The Morgan fingerprint density at radius 2 is 1.81 bits per heavy atom. The van der Waals surface area contributed by atoms with E-state index in [4.69, 9.17) is 0 Å². The molecule has 4 aliphatic rings. The molecule has 1 saturated carbocycles. The van der Waals surface area contributed by atoms with Crippen molar-refractivity contribution in [1.82, 2.24) is 14.7 Å². The Kier molecular flexibility index (Phi) is 9.83. The molecule has 0 aromatic heterocycles. The third-order valence-electron chi connectivity index (χ3n) is 9.95. The zero-order chi connectivity index (χ0) is 29.9. The second-order valence-corrected chi connectivity index (χ2v) is 14.1. The lowest BCUT2D eigenvalue weighted by molar-refractivity contribution is -0.148. The Morgan fingerprint density at radius 1 is 1.10 bits per heavy atom. The molecule has 3 amide bonds. The first-order valence-corrected chi connectivity index (χ1v) is 16.8. The number of amides is 3. The number of thioether (sulfide) groups is 1. The Labute approximate surface area is 255 Å². The van der Waals surface area contributed by atoms with Gasteiger partial charge in [-0.3, -0.25) is 14.4 Å². The summed E-state index contributed by atoms with van der Waals surface area (Å²) in [6, 6.07) is 8.69. The van der Waals surface area contributed by atoms with E-state index >= 15 is 0 Å². The van der Waals surface area contributed by atoms with E-state index in [0.717, 1.165) is 50.5 Å². The largest absolute Gasteiger partial charge is 0.394 e. The number of likely N-dealkylation sites (tertiary alicyclic amines) is 1. The minimum atomic E-state index is -0.718. The number of carbonyl (C=O) groups is 3. The zero-order valence-corrected chi connectivity index (χ0v) is 25.9. The van der Waals surface area contributed by atoms with Crippen LogP contribution >= 0.6 is 11.8 Å². The van der Waals surface area contributed by atoms with Crippen LogP contribution in [-0.4, -0.2) is 91.9 Å². The number of carbonyl (C=O) groups excluding carboxylic acids is 3. The van der Waals surface area contributed by atoms with Gasteiger partial charge in [-0.1, -0.05) is 68.7 Å². The number of aliphatic hydroxyl groups is 1. The van der Waals surface area contributed by atoms with Crippen LogP contribution in [0, 0.1) is 11.8 Å². The Balaban J connectivity index is 1.57. The zero-order valence-electron chi connectivity index (χ0n) is 25.0. The number of nitrogens with zero attached hydrogens (tertiary/aromatic N) is 3. The summed E-state index contributed by atoms with van der Waals surface area (Å²) in [7, 11) is 0. The third kappa shape index (κ3) is 5.45.